The summed E-state index contributed by atoms with van der Waals surface area (Å²) in [6.07, 6.45) is 0. The number of methoxy groups -OCH3 is 1. The summed E-state index contributed by atoms with van der Waals surface area (Å²) < 4.78 is 19.1. The molecule has 0 saturated carbocycles. The first kappa shape index (κ1) is 14.7. The van der Waals surface area contributed by atoms with Gasteiger partial charge in [-0.15, -0.1) is 5.10 Å². The molecule has 0 aliphatic carbocycles. The van der Waals surface area contributed by atoms with Crippen molar-refractivity contribution in [3.8, 4) is 17.1 Å². The van der Waals surface area contributed by atoms with E-state index in [4.69, 9.17) is 10.5 Å². The lowest BCUT2D eigenvalue weighted by atomic mass is 10.2. The second-order valence-electron chi connectivity index (χ2n) is 4.75. The van der Waals surface area contributed by atoms with Gasteiger partial charge in [-0.3, -0.25) is 4.79 Å². The third-order valence-corrected chi connectivity index (χ3v) is 3.24. The van der Waals surface area contributed by atoms with Crippen molar-refractivity contribution in [3.05, 3.63) is 59.9 Å². The van der Waals surface area contributed by atoms with Crippen molar-refractivity contribution in [2.75, 3.05) is 12.8 Å². The number of ether oxygens (including phenoxy) is 1. The van der Waals surface area contributed by atoms with Gasteiger partial charge in [0.2, 0.25) is 5.95 Å². The first-order valence-corrected chi connectivity index (χ1v) is 6.75. The van der Waals surface area contributed by atoms with Crippen LogP contribution in [0.15, 0.2) is 48.5 Å². The molecule has 0 fully saturated rings. The highest BCUT2D eigenvalue weighted by atomic mass is 19.1. The molecule has 0 atom stereocenters. The van der Waals surface area contributed by atoms with Crippen LogP contribution in [0.5, 0.6) is 5.75 Å². The maximum absolute atomic E-state index is 13.0. The van der Waals surface area contributed by atoms with Crippen LogP contribution in [0.4, 0.5) is 10.3 Å². The van der Waals surface area contributed by atoms with E-state index in [0.29, 0.717) is 16.9 Å². The van der Waals surface area contributed by atoms with Gasteiger partial charge in [0.15, 0.2) is 5.82 Å². The molecule has 6 nitrogen and oxygen atoms in total. The topological polar surface area (TPSA) is 83.0 Å². The molecule has 0 aliphatic heterocycles. The zero-order chi connectivity index (χ0) is 16.4. The SMILES string of the molecule is COc1cccc(C(=O)n2nc(-c3ccc(F)cc3)nc2N)c1. The first-order valence-electron chi connectivity index (χ1n) is 6.75. The number of carbonyl (C=O) groups is 1. The van der Waals surface area contributed by atoms with Crippen LogP contribution in [0, 0.1) is 5.82 Å². The Morgan fingerprint density at radius 1 is 1.22 bits per heavy atom. The van der Waals surface area contributed by atoms with Gasteiger partial charge in [0, 0.05) is 11.1 Å². The van der Waals surface area contributed by atoms with Crippen molar-refractivity contribution in [3.63, 3.8) is 0 Å². The molecule has 0 radical (unpaired) electrons. The van der Waals surface area contributed by atoms with Crippen molar-refractivity contribution < 1.29 is 13.9 Å². The highest BCUT2D eigenvalue weighted by Gasteiger charge is 2.17. The van der Waals surface area contributed by atoms with E-state index >= 15 is 0 Å². The van der Waals surface area contributed by atoms with Crippen LogP contribution >= 0.6 is 0 Å². The lowest BCUT2D eigenvalue weighted by molar-refractivity contribution is 0.0947. The molecule has 23 heavy (non-hydrogen) atoms. The largest absolute Gasteiger partial charge is 0.497 e. The van der Waals surface area contributed by atoms with Gasteiger partial charge in [0.25, 0.3) is 5.91 Å². The average Bonchev–Trinajstić information content (AvgIpc) is 2.96. The van der Waals surface area contributed by atoms with E-state index in [1.54, 1.807) is 24.3 Å². The van der Waals surface area contributed by atoms with Crippen molar-refractivity contribution in [1.82, 2.24) is 14.8 Å². The number of hydrogen-bond donors (Lipinski definition) is 1. The highest BCUT2D eigenvalue weighted by molar-refractivity contribution is 5.97. The van der Waals surface area contributed by atoms with E-state index in [9.17, 15) is 9.18 Å². The van der Waals surface area contributed by atoms with Gasteiger partial charge in [-0.2, -0.15) is 9.67 Å². The molecule has 1 aromatic heterocycles. The summed E-state index contributed by atoms with van der Waals surface area (Å²) in [6, 6.07) is 12.2. The predicted molar refractivity (Wildman–Crippen MR) is 82.6 cm³/mol. The van der Waals surface area contributed by atoms with Gasteiger partial charge in [0.1, 0.15) is 11.6 Å². The van der Waals surface area contributed by atoms with Gasteiger partial charge in [-0.1, -0.05) is 6.07 Å². The van der Waals surface area contributed by atoms with Crippen LogP contribution in [0.1, 0.15) is 10.4 Å². The summed E-state index contributed by atoms with van der Waals surface area (Å²) in [5.74, 6) is -0.0416. The highest BCUT2D eigenvalue weighted by Crippen LogP contribution is 2.19. The number of halogens is 1. The molecule has 0 amide bonds. The minimum atomic E-state index is -0.428. The number of nitrogen functional groups attached to an aromatic ring is 1. The second-order valence-corrected chi connectivity index (χ2v) is 4.75. The monoisotopic (exact) mass is 312 g/mol. The van der Waals surface area contributed by atoms with Gasteiger partial charge in [0.05, 0.1) is 7.11 Å². The predicted octanol–water partition coefficient (Wildman–Crippen LogP) is 2.36. The minimum absolute atomic E-state index is 0.0443. The van der Waals surface area contributed by atoms with E-state index in [1.807, 2.05) is 0 Å². The normalized spacial score (nSPS) is 10.5. The Morgan fingerprint density at radius 2 is 1.96 bits per heavy atom. The number of carbonyl (C=O) groups excluding carboxylic acids is 1. The lowest BCUT2D eigenvalue weighted by Gasteiger charge is -2.04. The minimum Gasteiger partial charge on any atom is -0.497 e. The van der Waals surface area contributed by atoms with Crippen molar-refractivity contribution in [1.29, 1.82) is 0 Å². The lowest BCUT2D eigenvalue weighted by Crippen LogP contribution is -2.16. The maximum Gasteiger partial charge on any atom is 0.281 e. The first-order chi connectivity index (χ1) is 11.1. The molecule has 0 saturated heterocycles. The quantitative estimate of drug-likeness (QED) is 0.802. The summed E-state index contributed by atoms with van der Waals surface area (Å²) in [6.45, 7) is 0. The number of benzene rings is 2. The van der Waals surface area contributed by atoms with Crippen molar-refractivity contribution >= 4 is 11.9 Å². The average molecular weight is 312 g/mol. The molecule has 0 bridgehead atoms. The van der Waals surface area contributed by atoms with E-state index in [0.717, 1.165) is 4.68 Å². The van der Waals surface area contributed by atoms with Crippen LogP contribution in [0.2, 0.25) is 0 Å². The molecular weight excluding hydrogens is 299 g/mol. The number of anilines is 1. The van der Waals surface area contributed by atoms with Gasteiger partial charge >= 0.3 is 0 Å². The molecule has 0 unspecified atom stereocenters. The van der Waals surface area contributed by atoms with Gasteiger partial charge < -0.3 is 10.5 Å². The summed E-state index contributed by atoms with van der Waals surface area (Å²) >= 11 is 0. The molecule has 116 valence electrons. The molecule has 2 aromatic carbocycles. The molecule has 2 N–H and O–H groups in total. The van der Waals surface area contributed by atoms with Gasteiger partial charge in [-0.25, -0.2) is 4.39 Å². The Morgan fingerprint density at radius 3 is 2.65 bits per heavy atom. The van der Waals surface area contributed by atoms with Crippen molar-refractivity contribution in [2.24, 2.45) is 0 Å². The summed E-state index contributed by atoms with van der Waals surface area (Å²) in [5, 5.41) is 4.11. The fraction of sp³-hybridized carbons (Fsp3) is 0.0625. The number of rotatable bonds is 3. The number of hydrogen-bond acceptors (Lipinski definition) is 5. The molecule has 7 heteroatoms. The molecule has 1 heterocycles. The van der Waals surface area contributed by atoms with E-state index in [-0.39, 0.29) is 17.6 Å². The Labute approximate surface area is 131 Å². The summed E-state index contributed by atoms with van der Waals surface area (Å²) in [7, 11) is 1.51. The molecule has 0 spiro atoms. The number of nitrogens with zero attached hydrogens (tertiary/aromatic N) is 3. The molecule has 3 rings (SSSR count). The van der Waals surface area contributed by atoms with Crippen LogP contribution in [0.25, 0.3) is 11.4 Å². The van der Waals surface area contributed by atoms with E-state index in [1.165, 1.54) is 31.4 Å². The third-order valence-electron chi connectivity index (χ3n) is 3.24. The van der Waals surface area contributed by atoms with E-state index < -0.39 is 5.91 Å². The fourth-order valence-electron chi connectivity index (χ4n) is 2.07. The Bertz CT molecular complexity index is 859. The Hall–Kier alpha value is -3.22. The molecule has 3 aromatic rings. The van der Waals surface area contributed by atoms with Crippen LogP contribution in [0.3, 0.4) is 0 Å². The summed E-state index contributed by atoms with van der Waals surface area (Å²) in [5.41, 5.74) is 6.71. The molecular formula is C16H13FN4O2. The maximum atomic E-state index is 13.0. The van der Waals surface area contributed by atoms with Crippen LogP contribution in [-0.4, -0.2) is 27.8 Å². The summed E-state index contributed by atoms with van der Waals surface area (Å²) in [4.78, 5) is 16.6. The molecule has 0 aliphatic rings. The van der Waals surface area contributed by atoms with Gasteiger partial charge in [-0.05, 0) is 42.5 Å². The Kier molecular flexibility index (Phi) is 3.76. The fourth-order valence-corrected chi connectivity index (χ4v) is 2.07. The zero-order valence-electron chi connectivity index (χ0n) is 12.2. The van der Waals surface area contributed by atoms with Crippen LogP contribution in [-0.2, 0) is 0 Å². The van der Waals surface area contributed by atoms with Crippen LogP contribution < -0.4 is 10.5 Å². The number of nitrogens with two attached hydrogens (primary N) is 1. The number of aromatic nitrogens is 3. The standard InChI is InChI=1S/C16H13FN4O2/c1-23-13-4-2-3-11(9-13)15(22)21-16(18)19-14(20-21)10-5-7-12(17)8-6-10/h2-9H,1H3,(H2,18,19,20). The zero-order valence-corrected chi connectivity index (χ0v) is 12.2. The van der Waals surface area contributed by atoms with E-state index in [2.05, 4.69) is 10.1 Å². The third kappa shape index (κ3) is 2.89. The Balaban J connectivity index is 1.97. The van der Waals surface area contributed by atoms with Crippen molar-refractivity contribution in [2.45, 2.75) is 0 Å². The second kappa shape index (κ2) is 5.88. The smallest absolute Gasteiger partial charge is 0.281 e.